The van der Waals surface area contributed by atoms with E-state index in [4.69, 9.17) is 0 Å². The van der Waals surface area contributed by atoms with Crippen LogP contribution < -0.4 is 5.32 Å². The van der Waals surface area contributed by atoms with Gasteiger partial charge < -0.3 is 5.32 Å². The molecular formula is C11H13FN2OS2. The maximum absolute atomic E-state index is 13.0. The summed E-state index contributed by atoms with van der Waals surface area (Å²) < 4.78 is 25.0. The van der Waals surface area contributed by atoms with E-state index in [1.165, 1.54) is 23.5 Å². The summed E-state index contributed by atoms with van der Waals surface area (Å²) in [4.78, 5) is 4.33. The predicted octanol–water partition coefficient (Wildman–Crippen LogP) is 2.61. The molecule has 17 heavy (non-hydrogen) atoms. The second-order valence-electron chi connectivity index (χ2n) is 3.82. The third kappa shape index (κ3) is 3.01. The first-order chi connectivity index (χ1) is 8.06. The smallest absolute Gasteiger partial charge is 0.183 e. The van der Waals surface area contributed by atoms with Gasteiger partial charge in [-0.2, -0.15) is 0 Å². The van der Waals surface area contributed by atoms with Crippen molar-refractivity contribution in [2.45, 2.75) is 12.2 Å². The number of nitrogens with one attached hydrogen (secondary N) is 1. The van der Waals surface area contributed by atoms with Gasteiger partial charge in [-0.15, -0.1) is 0 Å². The van der Waals surface area contributed by atoms with Gasteiger partial charge in [0, 0.05) is 28.9 Å². The van der Waals surface area contributed by atoms with Crippen LogP contribution in [0.5, 0.6) is 0 Å². The van der Waals surface area contributed by atoms with E-state index in [1.54, 1.807) is 12.3 Å². The maximum Gasteiger partial charge on any atom is 0.183 e. The zero-order valence-corrected chi connectivity index (χ0v) is 11.2. The van der Waals surface area contributed by atoms with Crippen LogP contribution >= 0.6 is 11.3 Å². The molecule has 1 heterocycles. The molecular weight excluding hydrogens is 259 g/mol. The zero-order chi connectivity index (χ0) is 12.4. The lowest BCUT2D eigenvalue weighted by atomic mass is 10.3. The first kappa shape index (κ1) is 12.4. The number of hydrogen-bond acceptors (Lipinski definition) is 4. The van der Waals surface area contributed by atoms with Crippen molar-refractivity contribution < 1.29 is 8.60 Å². The Morgan fingerprint density at radius 2 is 2.35 bits per heavy atom. The van der Waals surface area contributed by atoms with Crippen molar-refractivity contribution in [2.75, 3.05) is 18.1 Å². The van der Waals surface area contributed by atoms with Gasteiger partial charge in [0.1, 0.15) is 5.82 Å². The van der Waals surface area contributed by atoms with E-state index < -0.39 is 10.8 Å². The standard InChI is InChI=1S/C11H13FN2OS2/c1-7(17(2)15)6-13-11-14-9-4-3-8(12)5-10(9)16-11/h3-5,7H,6H2,1-2H3,(H,13,14). The SMILES string of the molecule is CC(CNc1nc2ccc(F)cc2s1)S(C)=O. The predicted molar refractivity (Wildman–Crippen MR) is 71.6 cm³/mol. The average molecular weight is 272 g/mol. The van der Waals surface area contributed by atoms with Gasteiger partial charge in [0.25, 0.3) is 0 Å². The summed E-state index contributed by atoms with van der Waals surface area (Å²) in [5, 5.41) is 3.93. The van der Waals surface area contributed by atoms with Gasteiger partial charge in [-0.1, -0.05) is 11.3 Å². The molecule has 1 N–H and O–H groups in total. The quantitative estimate of drug-likeness (QED) is 0.930. The number of aromatic nitrogens is 1. The molecule has 2 rings (SSSR count). The van der Waals surface area contributed by atoms with Gasteiger partial charge >= 0.3 is 0 Å². The van der Waals surface area contributed by atoms with E-state index in [-0.39, 0.29) is 11.1 Å². The fourth-order valence-corrected chi connectivity index (χ4v) is 2.54. The number of thiazole rings is 1. The number of hydrogen-bond donors (Lipinski definition) is 1. The van der Waals surface area contributed by atoms with Crippen molar-refractivity contribution >= 4 is 37.5 Å². The molecule has 0 amide bonds. The van der Waals surface area contributed by atoms with Crippen LogP contribution in [-0.4, -0.2) is 27.2 Å². The van der Waals surface area contributed by atoms with E-state index in [0.717, 1.165) is 15.3 Å². The van der Waals surface area contributed by atoms with Crippen molar-refractivity contribution in [2.24, 2.45) is 0 Å². The molecule has 2 atom stereocenters. The first-order valence-corrected chi connectivity index (χ1v) is 7.62. The number of rotatable bonds is 4. The molecule has 0 aliphatic carbocycles. The highest BCUT2D eigenvalue weighted by atomic mass is 32.2. The van der Waals surface area contributed by atoms with Crippen LogP contribution in [0.25, 0.3) is 10.2 Å². The minimum Gasteiger partial charge on any atom is -0.360 e. The van der Waals surface area contributed by atoms with E-state index in [2.05, 4.69) is 10.3 Å². The highest BCUT2D eigenvalue weighted by Crippen LogP contribution is 2.26. The molecule has 0 radical (unpaired) electrons. The third-order valence-electron chi connectivity index (χ3n) is 2.46. The summed E-state index contributed by atoms with van der Waals surface area (Å²) in [6, 6.07) is 4.53. The molecule has 1 aromatic carbocycles. The van der Waals surface area contributed by atoms with Crippen molar-refractivity contribution in [3.05, 3.63) is 24.0 Å². The zero-order valence-electron chi connectivity index (χ0n) is 9.57. The van der Waals surface area contributed by atoms with Gasteiger partial charge in [0.05, 0.1) is 10.2 Å². The molecule has 2 unspecified atom stereocenters. The fourth-order valence-electron chi connectivity index (χ4n) is 1.32. The Bertz CT molecular complexity index is 555. The van der Waals surface area contributed by atoms with Gasteiger partial charge in [-0.3, -0.25) is 4.21 Å². The Labute approximate surface area is 106 Å². The van der Waals surface area contributed by atoms with E-state index in [9.17, 15) is 8.60 Å². The van der Waals surface area contributed by atoms with Gasteiger partial charge in [0.2, 0.25) is 0 Å². The van der Waals surface area contributed by atoms with Crippen molar-refractivity contribution in [1.82, 2.24) is 4.98 Å². The second-order valence-corrected chi connectivity index (χ2v) is 6.65. The van der Waals surface area contributed by atoms with Crippen LogP contribution in [0.2, 0.25) is 0 Å². The molecule has 0 saturated heterocycles. The maximum atomic E-state index is 13.0. The summed E-state index contributed by atoms with van der Waals surface area (Å²) in [5.41, 5.74) is 0.782. The van der Waals surface area contributed by atoms with E-state index >= 15 is 0 Å². The van der Waals surface area contributed by atoms with Gasteiger partial charge in [-0.05, 0) is 25.1 Å². The van der Waals surface area contributed by atoms with Crippen molar-refractivity contribution in [3.8, 4) is 0 Å². The minimum atomic E-state index is -0.851. The fraction of sp³-hybridized carbons (Fsp3) is 0.364. The molecule has 0 bridgehead atoms. The van der Waals surface area contributed by atoms with Gasteiger partial charge in [0.15, 0.2) is 5.13 Å². The lowest BCUT2D eigenvalue weighted by Crippen LogP contribution is -2.20. The Hall–Kier alpha value is -1.01. The summed E-state index contributed by atoms with van der Waals surface area (Å²) in [5.74, 6) is -0.254. The van der Waals surface area contributed by atoms with Crippen molar-refractivity contribution in [3.63, 3.8) is 0 Å². The molecule has 0 aliphatic rings. The second kappa shape index (κ2) is 5.10. The Balaban J connectivity index is 2.12. The molecule has 0 fully saturated rings. The van der Waals surface area contributed by atoms with Crippen LogP contribution in [0.3, 0.4) is 0 Å². The summed E-state index contributed by atoms with van der Waals surface area (Å²) in [6.07, 6.45) is 1.68. The minimum absolute atomic E-state index is 0.0683. The summed E-state index contributed by atoms with van der Waals surface area (Å²) in [7, 11) is -0.851. The molecule has 0 saturated carbocycles. The highest BCUT2D eigenvalue weighted by Gasteiger charge is 2.08. The number of nitrogens with zero attached hydrogens (tertiary/aromatic N) is 1. The number of anilines is 1. The number of halogens is 1. The van der Waals surface area contributed by atoms with Crippen LogP contribution in [0.1, 0.15) is 6.92 Å². The van der Waals surface area contributed by atoms with Crippen molar-refractivity contribution in [1.29, 1.82) is 0 Å². The Kier molecular flexibility index (Phi) is 3.73. The number of fused-ring (bicyclic) bond motifs is 1. The normalized spacial score (nSPS) is 14.8. The van der Waals surface area contributed by atoms with Crippen LogP contribution in [0.4, 0.5) is 9.52 Å². The first-order valence-electron chi connectivity index (χ1n) is 5.18. The topological polar surface area (TPSA) is 42.0 Å². The van der Waals surface area contributed by atoms with Gasteiger partial charge in [-0.25, -0.2) is 9.37 Å². The molecule has 92 valence electrons. The summed E-state index contributed by atoms with van der Waals surface area (Å²) >= 11 is 1.40. The van der Waals surface area contributed by atoms with Crippen LogP contribution in [0.15, 0.2) is 18.2 Å². The molecule has 1 aromatic heterocycles. The summed E-state index contributed by atoms with van der Waals surface area (Å²) in [6.45, 7) is 2.52. The number of benzene rings is 1. The lowest BCUT2D eigenvalue weighted by molar-refractivity contribution is 0.630. The van der Waals surface area contributed by atoms with Crippen LogP contribution in [0, 0.1) is 5.82 Å². The molecule has 6 heteroatoms. The van der Waals surface area contributed by atoms with Crippen LogP contribution in [-0.2, 0) is 10.8 Å². The molecule has 3 nitrogen and oxygen atoms in total. The monoisotopic (exact) mass is 272 g/mol. The van der Waals surface area contributed by atoms with E-state index in [1.807, 2.05) is 6.92 Å². The molecule has 2 aromatic rings. The Morgan fingerprint density at radius 3 is 3.06 bits per heavy atom. The largest absolute Gasteiger partial charge is 0.360 e. The highest BCUT2D eigenvalue weighted by molar-refractivity contribution is 7.84. The third-order valence-corrected chi connectivity index (χ3v) is 4.73. The van der Waals surface area contributed by atoms with E-state index in [0.29, 0.717) is 6.54 Å². The Morgan fingerprint density at radius 1 is 1.59 bits per heavy atom. The molecule has 0 spiro atoms. The molecule has 0 aliphatic heterocycles. The average Bonchev–Trinajstić information content (AvgIpc) is 2.67. The lowest BCUT2D eigenvalue weighted by Gasteiger charge is -2.07.